The van der Waals surface area contributed by atoms with Crippen molar-refractivity contribution >= 4 is 40.8 Å². The van der Waals surface area contributed by atoms with Crippen LogP contribution in [-0.4, -0.2) is 39.6 Å². The summed E-state index contributed by atoms with van der Waals surface area (Å²) < 4.78 is 7.32. The van der Waals surface area contributed by atoms with Gasteiger partial charge in [0, 0.05) is 12.8 Å². The molecule has 2 aromatic heterocycles. The fourth-order valence-corrected chi connectivity index (χ4v) is 4.86. The predicted octanol–water partition coefficient (Wildman–Crippen LogP) is 4.08. The lowest BCUT2D eigenvalue weighted by molar-refractivity contribution is -0.127. The molecule has 1 amide bonds. The average Bonchev–Trinajstić information content (AvgIpc) is 3.14. The molecule has 0 aliphatic carbocycles. The van der Waals surface area contributed by atoms with Crippen LogP contribution < -0.4 is 0 Å². The summed E-state index contributed by atoms with van der Waals surface area (Å²) in [6.45, 7) is 4.56. The van der Waals surface area contributed by atoms with E-state index in [-0.39, 0.29) is 5.91 Å². The number of hydrogen-bond donors (Lipinski definition) is 0. The number of aromatic nitrogens is 2. The standard InChI is InChI=1S/C15H21N3O2S3/c1-4-5-8-21-14-16-17-15(23-14)22-10-13(19)18(3)9-12-7-6-11(2)20-12/h6-7H,4-5,8-10H2,1-3H3. The smallest absolute Gasteiger partial charge is 0.233 e. The number of thioether (sulfide) groups is 2. The zero-order chi connectivity index (χ0) is 16.7. The SMILES string of the molecule is CCCCSc1nnc(SCC(=O)N(C)Cc2ccc(C)o2)s1. The Hall–Kier alpha value is -0.990. The Bertz CT molecular complexity index is 627. The van der Waals surface area contributed by atoms with Crippen molar-refractivity contribution in [2.45, 2.75) is 41.9 Å². The van der Waals surface area contributed by atoms with Crippen LogP contribution in [0, 0.1) is 6.92 Å². The second-order valence-electron chi connectivity index (χ2n) is 5.09. The highest BCUT2D eigenvalue weighted by molar-refractivity contribution is 8.03. The lowest BCUT2D eigenvalue weighted by atomic mass is 10.4. The Labute approximate surface area is 149 Å². The van der Waals surface area contributed by atoms with Gasteiger partial charge in [-0.05, 0) is 25.5 Å². The van der Waals surface area contributed by atoms with E-state index in [1.54, 1.807) is 35.0 Å². The molecule has 126 valence electrons. The summed E-state index contributed by atoms with van der Waals surface area (Å²) >= 11 is 4.74. The Balaban J connectivity index is 1.75. The molecule has 0 saturated heterocycles. The van der Waals surface area contributed by atoms with Crippen LogP contribution in [0.2, 0.25) is 0 Å². The summed E-state index contributed by atoms with van der Waals surface area (Å²) in [4.78, 5) is 13.8. The van der Waals surface area contributed by atoms with Crippen LogP contribution in [0.25, 0.3) is 0 Å². The number of nitrogens with zero attached hydrogens (tertiary/aromatic N) is 3. The summed E-state index contributed by atoms with van der Waals surface area (Å²) in [5, 5.41) is 8.29. The van der Waals surface area contributed by atoms with E-state index >= 15 is 0 Å². The summed E-state index contributed by atoms with van der Waals surface area (Å²) in [7, 11) is 1.78. The topological polar surface area (TPSA) is 59.2 Å². The van der Waals surface area contributed by atoms with Gasteiger partial charge in [-0.1, -0.05) is 48.2 Å². The van der Waals surface area contributed by atoms with E-state index in [1.165, 1.54) is 24.6 Å². The molecule has 0 bridgehead atoms. The molecule has 0 radical (unpaired) electrons. The van der Waals surface area contributed by atoms with Crippen molar-refractivity contribution in [3.63, 3.8) is 0 Å². The van der Waals surface area contributed by atoms with E-state index in [2.05, 4.69) is 17.1 Å². The second-order valence-corrected chi connectivity index (χ2v) is 8.63. The van der Waals surface area contributed by atoms with Crippen LogP contribution in [0.3, 0.4) is 0 Å². The fourth-order valence-electron chi connectivity index (χ4n) is 1.74. The molecule has 0 spiro atoms. The Kier molecular flexibility index (Phi) is 7.45. The highest BCUT2D eigenvalue weighted by Gasteiger charge is 2.13. The maximum atomic E-state index is 12.2. The minimum Gasteiger partial charge on any atom is -0.464 e. The quantitative estimate of drug-likeness (QED) is 0.489. The van der Waals surface area contributed by atoms with Gasteiger partial charge in [-0.15, -0.1) is 10.2 Å². The van der Waals surface area contributed by atoms with Crippen molar-refractivity contribution in [3.8, 4) is 0 Å². The molecule has 5 nitrogen and oxygen atoms in total. The lowest BCUT2D eigenvalue weighted by Gasteiger charge is -2.14. The van der Waals surface area contributed by atoms with Crippen molar-refractivity contribution < 1.29 is 9.21 Å². The normalized spacial score (nSPS) is 10.9. The van der Waals surface area contributed by atoms with E-state index < -0.39 is 0 Å². The molecule has 2 heterocycles. The highest BCUT2D eigenvalue weighted by Crippen LogP contribution is 2.29. The monoisotopic (exact) mass is 371 g/mol. The molecule has 2 aromatic rings. The largest absolute Gasteiger partial charge is 0.464 e. The Morgan fingerprint density at radius 1 is 1.30 bits per heavy atom. The van der Waals surface area contributed by atoms with Crippen molar-refractivity contribution in [1.82, 2.24) is 15.1 Å². The molecule has 0 N–H and O–H groups in total. The van der Waals surface area contributed by atoms with Gasteiger partial charge in [0.2, 0.25) is 5.91 Å². The van der Waals surface area contributed by atoms with Gasteiger partial charge in [-0.3, -0.25) is 4.79 Å². The molecule has 2 rings (SSSR count). The number of hydrogen-bond acceptors (Lipinski definition) is 7. The van der Waals surface area contributed by atoms with Crippen LogP contribution >= 0.6 is 34.9 Å². The second kappa shape index (κ2) is 9.34. The first-order chi connectivity index (χ1) is 11.1. The average molecular weight is 372 g/mol. The van der Waals surface area contributed by atoms with E-state index in [0.717, 1.165) is 26.0 Å². The molecule has 0 unspecified atom stereocenters. The van der Waals surface area contributed by atoms with Crippen molar-refractivity contribution in [3.05, 3.63) is 23.7 Å². The van der Waals surface area contributed by atoms with E-state index in [0.29, 0.717) is 12.3 Å². The molecule has 0 aromatic carbocycles. The van der Waals surface area contributed by atoms with E-state index in [4.69, 9.17) is 4.42 Å². The van der Waals surface area contributed by atoms with Crippen molar-refractivity contribution in [1.29, 1.82) is 0 Å². The first kappa shape index (κ1) is 18.4. The van der Waals surface area contributed by atoms with Crippen LogP contribution in [0.5, 0.6) is 0 Å². The van der Waals surface area contributed by atoms with Gasteiger partial charge in [0.25, 0.3) is 0 Å². The molecular formula is C15H21N3O2S3. The van der Waals surface area contributed by atoms with Gasteiger partial charge in [0.15, 0.2) is 8.68 Å². The minimum absolute atomic E-state index is 0.0550. The third-order valence-electron chi connectivity index (χ3n) is 3.05. The van der Waals surface area contributed by atoms with E-state index in [9.17, 15) is 4.79 Å². The zero-order valence-electron chi connectivity index (χ0n) is 13.6. The summed E-state index contributed by atoms with van der Waals surface area (Å²) in [6, 6.07) is 3.80. The summed E-state index contributed by atoms with van der Waals surface area (Å²) in [5.41, 5.74) is 0. The minimum atomic E-state index is 0.0550. The number of carbonyl (C=O) groups is 1. The molecule has 8 heteroatoms. The first-order valence-electron chi connectivity index (χ1n) is 7.47. The molecule has 0 aliphatic heterocycles. The Morgan fingerprint density at radius 3 is 2.70 bits per heavy atom. The third-order valence-corrected chi connectivity index (χ3v) is 6.31. The number of amides is 1. The van der Waals surface area contributed by atoms with Crippen LogP contribution in [-0.2, 0) is 11.3 Å². The van der Waals surface area contributed by atoms with Crippen LogP contribution in [0.4, 0.5) is 0 Å². The number of aryl methyl sites for hydroxylation is 1. The summed E-state index contributed by atoms with van der Waals surface area (Å²) in [6.07, 6.45) is 2.37. The van der Waals surface area contributed by atoms with Gasteiger partial charge >= 0.3 is 0 Å². The van der Waals surface area contributed by atoms with Gasteiger partial charge in [0.1, 0.15) is 11.5 Å². The lowest BCUT2D eigenvalue weighted by Crippen LogP contribution is -2.27. The zero-order valence-corrected chi connectivity index (χ0v) is 16.0. The predicted molar refractivity (Wildman–Crippen MR) is 96.2 cm³/mol. The Morgan fingerprint density at radius 2 is 2.04 bits per heavy atom. The van der Waals surface area contributed by atoms with Gasteiger partial charge in [-0.2, -0.15) is 0 Å². The van der Waals surface area contributed by atoms with Gasteiger partial charge in [0.05, 0.1) is 12.3 Å². The van der Waals surface area contributed by atoms with E-state index in [1.807, 2.05) is 19.1 Å². The molecule has 0 saturated carbocycles. The fraction of sp³-hybridized carbons (Fsp3) is 0.533. The van der Waals surface area contributed by atoms with Crippen LogP contribution in [0.1, 0.15) is 31.3 Å². The third kappa shape index (κ3) is 6.19. The molecular weight excluding hydrogens is 350 g/mol. The molecule has 0 aliphatic rings. The van der Waals surface area contributed by atoms with Crippen molar-refractivity contribution in [2.75, 3.05) is 18.6 Å². The number of unbranched alkanes of at least 4 members (excludes halogenated alkanes) is 1. The van der Waals surface area contributed by atoms with Gasteiger partial charge < -0.3 is 9.32 Å². The maximum absolute atomic E-state index is 12.2. The first-order valence-corrected chi connectivity index (χ1v) is 10.3. The van der Waals surface area contributed by atoms with Crippen molar-refractivity contribution in [2.24, 2.45) is 0 Å². The van der Waals surface area contributed by atoms with Gasteiger partial charge in [-0.25, -0.2) is 0 Å². The maximum Gasteiger partial charge on any atom is 0.233 e. The molecule has 23 heavy (non-hydrogen) atoms. The number of furan rings is 1. The number of carbonyl (C=O) groups excluding carboxylic acids is 1. The summed E-state index contributed by atoms with van der Waals surface area (Å²) in [5.74, 6) is 3.15. The molecule has 0 fully saturated rings. The molecule has 0 atom stereocenters. The highest BCUT2D eigenvalue weighted by atomic mass is 32.2. The van der Waals surface area contributed by atoms with Crippen LogP contribution in [0.15, 0.2) is 25.2 Å². The number of rotatable bonds is 9.